The van der Waals surface area contributed by atoms with E-state index in [4.69, 9.17) is 4.74 Å². The molecule has 8 nitrogen and oxygen atoms in total. The fourth-order valence-electron chi connectivity index (χ4n) is 3.12. The number of thioether (sulfide) groups is 1. The number of rotatable bonds is 6. The van der Waals surface area contributed by atoms with E-state index >= 15 is 0 Å². The van der Waals surface area contributed by atoms with Gasteiger partial charge in [0.15, 0.2) is 17.6 Å². The zero-order chi connectivity index (χ0) is 21.3. The Bertz CT molecular complexity index is 878. The van der Waals surface area contributed by atoms with E-state index in [0.717, 1.165) is 17.8 Å². The minimum Gasteiger partial charge on any atom is -0.508 e. The molecule has 0 saturated heterocycles. The molecule has 0 amide bonds. The van der Waals surface area contributed by atoms with Crippen molar-refractivity contribution in [2.24, 2.45) is 0 Å². The smallest absolute Gasteiger partial charge is 0.157 e. The van der Waals surface area contributed by atoms with E-state index in [9.17, 15) is 35.7 Å². The summed E-state index contributed by atoms with van der Waals surface area (Å²) in [6.07, 6.45) is -4.36. The molecular weight excluding hydrogens is 420 g/mol. The van der Waals surface area contributed by atoms with E-state index in [1.54, 1.807) is 0 Å². The molecule has 0 aromatic heterocycles. The number of benzene rings is 2. The van der Waals surface area contributed by atoms with Gasteiger partial charge in [0, 0.05) is 23.6 Å². The maximum Gasteiger partial charge on any atom is 0.157 e. The monoisotopic (exact) mass is 442 g/mol. The predicted octanol–water partition coefficient (Wildman–Crippen LogP) is 1.43. The predicted molar refractivity (Wildman–Crippen MR) is 110 cm³/mol. The van der Waals surface area contributed by atoms with Crippen molar-refractivity contribution in [2.45, 2.75) is 29.7 Å². The minimum atomic E-state index is -1.22. The van der Waals surface area contributed by atoms with Gasteiger partial charge >= 0.3 is 0 Å². The fraction of sp³-hybridized carbons (Fsp3) is 0.368. The number of fused-ring (bicyclic) bond motifs is 1. The van der Waals surface area contributed by atoms with Crippen LogP contribution in [0.2, 0.25) is 0 Å². The van der Waals surface area contributed by atoms with Crippen molar-refractivity contribution >= 4 is 24.4 Å². The van der Waals surface area contributed by atoms with Crippen molar-refractivity contribution in [3.8, 4) is 28.7 Å². The van der Waals surface area contributed by atoms with Crippen molar-refractivity contribution < 1.29 is 40.5 Å². The third-order valence-corrected chi connectivity index (χ3v) is 6.45. The van der Waals surface area contributed by atoms with Gasteiger partial charge in [-0.1, -0.05) is 6.07 Å². The standard InChI is InChI=1S/C19H22O8S2/c20-9-4-12(23)16-15(5-9)27-18(8-1-2-10(21)11(22)3-8)17(26)19(16)29-7-14(25)13(24)6-28/h1-5,13-14,17-26,28H,6-7H2/t13-,14-,17-,18+,19-/m0/s1. The van der Waals surface area contributed by atoms with Crippen LogP contribution in [0.15, 0.2) is 30.3 Å². The van der Waals surface area contributed by atoms with E-state index in [-0.39, 0.29) is 45.8 Å². The average molecular weight is 443 g/mol. The van der Waals surface area contributed by atoms with Crippen LogP contribution in [-0.4, -0.2) is 65.6 Å². The van der Waals surface area contributed by atoms with E-state index in [0.29, 0.717) is 5.56 Å². The summed E-state index contributed by atoms with van der Waals surface area (Å²) in [4.78, 5) is 0. The molecule has 0 aliphatic carbocycles. The Kier molecular flexibility index (Phi) is 6.59. The number of hydrogen-bond donors (Lipinski definition) is 8. The molecule has 0 unspecified atom stereocenters. The first-order chi connectivity index (χ1) is 13.7. The van der Waals surface area contributed by atoms with E-state index in [1.807, 2.05) is 0 Å². The van der Waals surface area contributed by atoms with E-state index < -0.39 is 29.7 Å². The van der Waals surface area contributed by atoms with Crippen molar-refractivity contribution in [2.75, 3.05) is 11.5 Å². The number of phenolic OH excluding ortho intramolecular Hbond substituents is 4. The van der Waals surface area contributed by atoms with Crippen LogP contribution < -0.4 is 4.74 Å². The molecule has 0 spiro atoms. The summed E-state index contributed by atoms with van der Waals surface area (Å²) in [5.74, 6) is -1.01. The summed E-state index contributed by atoms with van der Waals surface area (Å²) in [6, 6.07) is 6.38. The highest BCUT2D eigenvalue weighted by Crippen LogP contribution is 2.52. The molecule has 1 aliphatic heterocycles. The molecule has 7 N–H and O–H groups in total. The molecule has 0 bridgehead atoms. The van der Waals surface area contributed by atoms with Crippen LogP contribution in [-0.2, 0) is 0 Å². The number of aromatic hydroxyl groups is 4. The Morgan fingerprint density at radius 3 is 2.34 bits per heavy atom. The summed E-state index contributed by atoms with van der Waals surface area (Å²) in [5, 5.41) is 69.4. The second-order valence-corrected chi connectivity index (χ2v) is 8.26. The molecule has 158 valence electrons. The SMILES string of the molecule is Oc1cc(O)c2c(c1)O[C@H](c1ccc(O)c(O)c1)[C@H](O)[C@H]2SC[C@H](O)[C@@H](O)CS. The van der Waals surface area contributed by atoms with Gasteiger partial charge in [-0.25, -0.2) is 0 Å². The Balaban J connectivity index is 1.97. The lowest BCUT2D eigenvalue weighted by Crippen LogP contribution is -2.35. The normalized spacial score (nSPS) is 23.1. The van der Waals surface area contributed by atoms with Crippen LogP contribution in [0.25, 0.3) is 0 Å². The van der Waals surface area contributed by atoms with Crippen molar-refractivity contribution in [3.05, 3.63) is 41.5 Å². The quantitative estimate of drug-likeness (QED) is 0.245. The topological polar surface area (TPSA) is 151 Å². The lowest BCUT2D eigenvalue weighted by molar-refractivity contribution is 0.0168. The van der Waals surface area contributed by atoms with Gasteiger partial charge in [-0.3, -0.25) is 0 Å². The minimum absolute atomic E-state index is 0.0384. The highest BCUT2D eigenvalue weighted by molar-refractivity contribution is 7.99. The Morgan fingerprint density at radius 2 is 1.69 bits per heavy atom. The number of aliphatic hydroxyl groups is 3. The summed E-state index contributed by atoms with van der Waals surface area (Å²) in [7, 11) is 0. The lowest BCUT2D eigenvalue weighted by atomic mass is 9.93. The van der Waals surface area contributed by atoms with Crippen molar-refractivity contribution in [3.63, 3.8) is 0 Å². The Morgan fingerprint density at radius 1 is 0.966 bits per heavy atom. The van der Waals surface area contributed by atoms with Crippen LogP contribution in [0.3, 0.4) is 0 Å². The van der Waals surface area contributed by atoms with Crippen LogP contribution in [0.1, 0.15) is 22.5 Å². The fourth-order valence-corrected chi connectivity index (χ4v) is 4.73. The second-order valence-electron chi connectivity index (χ2n) is 6.73. The van der Waals surface area contributed by atoms with Crippen LogP contribution in [0, 0.1) is 0 Å². The van der Waals surface area contributed by atoms with Gasteiger partial charge in [-0.15, -0.1) is 11.8 Å². The molecule has 1 heterocycles. The largest absolute Gasteiger partial charge is 0.508 e. The molecule has 0 radical (unpaired) electrons. The summed E-state index contributed by atoms with van der Waals surface area (Å²) < 4.78 is 5.79. The molecule has 0 saturated carbocycles. The van der Waals surface area contributed by atoms with Gasteiger partial charge in [0.1, 0.15) is 23.4 Å². The maximum atomic E-state index is 11.0. The number of aliphatic hydroxyl groups excluding tert-OH is 3. The summed E-state index contributed by atoms with van der Waals surface area (Å²) in [5.41, 5.74) is 0.606. The van der Waals surface area contributed by atoms with Crippen LogP contribution in [0.5, 0.6) is 28.7 Å². The van der Waals surface area contributed by atoms with E-state index in [2.05, 4.69) is 12.6 Å². The van der Waals surface area contributed by atoms with Gasteiger partial charge in [0.05, 0.1) is 23.0 Å². The number of hydrogen-bond acceptors (Lipinski definition) is 10. The molecule has 29 heavy (non-hydrogen) atoms. The summed E-state index contributed by atoms with van der Waals surface area (Å²) >= 11 is 5.04. The highest BCUT2D eigenvalue weighted by atomic mass is 32.2. The number of ether oxygens (including phenoxy) is 1. The average Bonchev–Trinajstić information content (AvgIpc) is 2.68. The van der Waals surface area contributed by atoms with Gasteiger partial charge in [-0.2, -0.15) is 12.6 Å². The number of phenols is 4. The molecule has 2 aromatic carbocycles. The van der Waals surface area contributed by atoms with E-state index in [1.165, 1.54) is 24.3 Å². The van der Waals surface area contributed by atoms with Crippen molar-refractivity contribution in [1.29, 1.82) is 0 Å². The Hall–Kier alpha value is -1.98. The third kappa shape index (κ3) is 4.46. The molecular formula is C19H22O8S2. The first-order valence-corrected chi connectivity index (χ1v) is 10.4. The first-order valence-electron chi connectivity index (χ1n) is 8.74. The zero-order valence-electron chi connectivity index (χ0n) is 15.1. The van der Waals surface area contributed by atoms with Gasteiger partial charge in [-0.05, 0) is 17.7 Å². The molecule has 5 atom stereocenters. The summed E-state index contributed by atoms with van der Waals surface area (Å²) in [6.45, 7) is 0. The molecule has 0 fully saturated rings. The van der Waals surface area contributed by atoms with Gasteiger partial charge in [0.2, 0.25) is 0 Å². The lowest BCUT2D eigenvalue weighted by Gasteiger charge is -2.37. The highest BCUT2D eigenvalue weighted by Gasteiger charge is 2.41. The first kappa shape index (κ1) is 21.7. The Labute approximate surface area is 176 Å². The van der Waals surface area contributed by atoms with Gasteiger partial charge < -0.3 is 40.5 Å². The molecule has 10 heteroatoms. The second kappa shape index (κ2) is 8.80. The maximum absolute atomic E-state index is 11.0. The van der Waals surface area contributed by atoms with Crippen molar-refractivity contribution in [1.82, 2.24) is 0 Å². The third-order valence-electron chi connectivity index (χ3n) is 4.67. The zero-order valence-corrected chi connectivity index (χ0v) is 16.8. The van der Waals surface area contributed by atoms with Crippen LogP contribution >= 0.6 is 24.4 Å². The van der Waals surface area contributed by atoms with Crippen LogP contribution in [0.4, 0.5) is 0 Å². The molecule has 3 rings (SSSR count). The number of thiol groups is 1. The molecule has 2 aromatic rings. The van der Waals surface area contributed by atoms with Gasteiger partial charge in [0.25, 0.3) is 0 Å². The molecule has 1 aliphatic rings.